The lowest BCUT2D eigenvalue weighted by Crippen LogP contribution is -2.40. The van der Waals surface area contributed by atoms with Crippen LogP contribution in [0.2, 0.25) is 0 Å². The lowest BCUT2D eigenvalue weighted by molar-refractivity contribution is -0.0275. The number of hydrogen-bond acceptors (Lipinski definition) is 2. The highest BCUT2D eigenvalue weighted by atomic mass is 19.3. The topological polar surface area (TPSA) is 23.5 Å². The van der Waals surface area contributed by atoms with Gasteiger partial charge in [-0.05, 0) is 19.9 Å². The molecule has 0 aromatic carbocycles. The zero-order valence-electron chi connectivity index (χ0n) is 8.63. The van der Waals surface area contributed by atoms with Crippen molar-refractivity contribution >= 4 is 0 Å². The van der Waals surface area contributed by atoms with Gasteiger partial charge < -0.3 is 10.0 Å². The summed E-state index contributed by atoms with van der Waals surface area (Å²) in [5.74, 6) is 0. The van der Waals surface area contributed by atoms with Crippen LogP contribution in [-0.4, -0.2) is 42.2 Å². The SMILES string of the molecule is CN(C[C@@H](O)C(F)F)C1CCCCC1. The fourth-order valence-electron chi connectivity index (χ4n) is 2.05. The van der Waals surface area contributed by atoms with E-state index in [1.165, 1.54) is 19.3 Å². The Hall–Kier alpha value is -0.220. The molecule has 1 saturated carbocycles. The minimum absolute atomic E-state index is 0.0856. The van der Waals surface area contributed by atoms with Crippen LogP contribution in [-0.2, 0) is 0 Å². The molecule has 0 aromatic rings. The van der Waals surface area contributed by atoms with E-state index in [4.69, 9.17) is 5.11 Å². The van der Waals surface area contributed by atoms with Gasteiger partial charge in [0.1, 0.15) is 6.10 Å². The second-order valence-electron chi connectivity index (χ2n) is 4.13. The van der Waals surface area contributed by atoms with Crippen molar-refractivity contribution in [3.8, 4) is 0 Å². The smallest absolute Gasteiger partial charge is 0.265 e. The number of rotatable bonds is 4. The van der Waals surface area contributed by atoms with Gasteiger partial charge in [-0.2, -0.15) is 0 Å². The third-order valence-electron chi connectivity index (χ3n) is 2.96. The zero-order valence-corrected chi connectivity index (χ0v) is 8.63. The minimum Gasteiger partial charge on any atom is -0.386 e. The maximum absolute atomic E-state index is 12.1. The number of aliphatic hydroxyl groups excluding tert-OH is 1. The number of aliphatic hydroxyl groups is 1. The number of halogens is 2. The highest BCUT2D eigenvalue weighted by Crippen LogP contribution is 2.21. The molecule has 84 valence electrons. The van der Waals surface area contributed by atoms with Gasteiger partial charge in [-0.3, -0.25) is 0 Å². The van der Waals surface area contributed by atoms with Gasteiger partial charge in [-0.1, -0.05) is 19.3 Å². The Balaban J connectivity index is 2.28. The van der Waals surface area contributed by atoms with E-state index >= 15 is 0 Å². The van der Waals surface area contributed by atoms with Gasteiger partial charge in [0.15, 0.2) is 0 Å². The van der Waals surface area contributed by atoms with Crippen LogP contribution in [0.5, 0.6) is 0 Å². The molecule has 1 atom stereocenters. The van der Waals surface area contributed by atoms with Crippen molar-refractivity contribution in [2.24, 2.45) is 0 Å². The van der Waals surface area contributed by atoms with Crippen molar-refractivity contribution in [1.29, 1.82) is 0 Å². The first-order valence-electron chi connectivity index (χ1n) is 5.27. The molecule has 14 heavy (non-hydrogen) atoms. The Labute approximate surface area is 83.9 Å². The highest BCUT2D eigenvalue weighted by Gasteiger charge is 2.23. The third kappa shape index (κ3) is 3.50. The lowest BCUT2D eigenvalue weighted by Gasteiger charge is -2.32. The van der Waals surface area contributed by atoms with Crippen LogP contribution >= 0.6 is 0 Å². The summed E-state index contributed by atoms with van der Waals surface area (Å²) in [6, 6.07) is 0.386. The predicted molar refractivity (Wildman–Crippen MR) is 51.5 cm³/mol. The standard InChI is InChI=1S/C10H19F2NO/c1-13(7-9(14)10(11)12)8-5-3-2-4-6-8/h8-10,14H,2-7H2,1H3/t9-/m1/s1. The third-order valence-corrected chi connectivity index (χ3v) is 2.96. The molecular weight excluding hydrogens is 188 g/mol. The first-order chi connectivity index (χ1) is 6.61. The molecule has 0 aliphatic heterocycles. The van der Waals surface area contributed by atoms with Gasteiger partial charge in [0.25, 0.3) is 6.43 Å². The number of likely N-dealkylation sites (N-methyl/N-ethyl adjacent to an activating group) is 1. The molecule has 0 spiro atoms. The predicted octanol–water partition coefficient (Wildman–Crippen LogP) is 1.88. The van der Waals surface area contributed by atoms with E-state index in [9.17, 15) is 8.78 Å². The van der Waals surface area contributed by atoms with Crippen molar-refractivity contribution in [3.63, 3.8) is 0 Å². The van der Waals surface area contributed by atoms with E-state index in [0.717, 1.165) is 12.8 Å². The van der Waals surface area contributed by atoms with Gasteiger partial charge in [-0.15, -0.1) is 0 Å². The largest absolute Gasteiger partial charge is 0.386 e. The average molecular weight is 207 g/mol. The number of nitrogens with zero attached hydrogens (tertiary/aromatic N) is 1. The van der Waals surface area contributed by atoms with E-state index in [2.05, 4.69) is 0 Å². The molecule has 4 heteroatoms. The van der Waals surface area contributed by atoms with Crippen LogP contribution in [0.4, 0.5) is 8.78 Å². The fraction of sp³-hybridized carbons (Fsp3) is 1.00. The molecule has 0 heterocycles. The molecule has 1 fully saturated rings. The average Bonchev–Trinajstić information content (AvgIpc) is 2.19. The molecule has 0 radical (unpaired) electrons. The second-order valence-corrected chi connectivity index (χ2v) is 4.13. The highest BCUT2D eigenvalue weighted by molar-refractivity contribution is 4.75. The Morgan fingerprint density at radius 3 is 2.36 bits per heavy atom. The normalized spacial score (nSPS) is 21.9. The van der Waals surface area contributed by atoms with Crippen molar-refractivity contribution in [1.82, 2.24) is 4.90 Å². The van der Waals surface area contributed by atoms with Gasteiger partial charge in [0, 0.05) is 12.6 Å². The molecule has 2 nitrogen and oxygen atoms in total. The second kappa shape index (κ2) is 5.61. The monoisotopic (exact) mass is 207 g/mol. The van der Waals surface area contributed by atoms with E-state index in [1.54, 1.807) is 0 Å². The minimum atomic E-state index is -2.62. The first kappa shape index (κ1) is 11.9. The summed E-state index contributed by atoms with van der Waals surface area (Å²) in [6.07, 6.45) is 1.64. The Morgan fingerprint density at radius 1 is 1.29 bits per heavy atom. The Bertz CT molecular complexity index is 160. The maximum atomic E-state index is 12.1. The van der Waals surface area contributed by atoms with Crippen LogP contribution in [0.3, 0.4) is 0 Å². The van der Waals surface area contributed by atoms with Gasteiger partial charge in [-0.25, -0.2) is 8.78 Å². The number of hydrogen-bond donors (Lipinski definition) is 1. The van der Waals surface area contributed by atoms with Crippen molar-refractivity contribution in [2.45, 2.75) is 50.7 Å². The van der Waals surface area contributed by atoms with Crippen LogP contribution in [0.25, 0.3) is 0 Å². The molecule has 0 saturated heterocycles. The van der Waals surface area contributed by atoms with Gasteiger partial charge in [0.2, 0.25) is 0 Å². The molecule has 1 aliphatic rings. The van der Waals surface area contributed by atoms with Gasteiger partial charge >= 0.3 is 0 Å². The summed E-state index contributed by atoms with van der Waals surface area (Å²) in [5.41, 5.74) is 0. The Kier molecular flexibility index (Phi) is 4.75. The van der Waals surface area contributed by atoms with E-state index < -0.39 is 12.5 Å². The summed E-state index contributed by atoms with van der Waals surface area (Å²) in [4.78, 5) is 1.87. The molecule has 0 unspecified atom stereocenters. The lowest BCUT2D eigenvalue weighted by atomic mass is 9.94. The summed E-state index contributed by atoms with van der Waals surface area (Å²) in [5, 5.41) is 9.04. The molecule has 1 rings (SSSR count). The van der Waals surface area contributed by atoms with E-state index in [-0.39, 0.29) is 6.54 Å². The fourth-order valence-corrected chi connectivity index (χ4v) is 2.05. The van der Waals surface area contributed by atoms with Crippen LogP contribution in [0.1, 0.15) is 32.1 Å². The molecule has 0 aromatic heterocycles. The Morgan fingerprint density at radius 2 is 1.86 bits per heavy atom. The quantitative estimate of drug-likeness (QED) is 0.760. The summed E-state index contributed by atoms with van der Waals surface area (Å²) in [7, 11) is 1.82. The summed E-state index contributed by atoms with van der Waals surface area (Å²) in [6.45, 7) is 0.0856. The van der Waals surface area contributed by atoms with E-state index in [0.29, 0.717) is 6.04 Å². The maximum Gasteiger partial charge on any atom is 0.265 e. The number of alkyl halides is 2. The summed E-state index contributed by atoms with van der Waals surface area (Å²) >= 11 is 0. The molecule has 1 aliphatic carbocycles. The van der Waals surface area contributed by atoms with E-state index in [1.807, 2.05) is 11.9 Å². The van der Waals surface area contributed by atoms with Crippen LogP contribution in [0.15, 0.2) is 0 Å². The van der Waals surface area contributed by atoms with Crippen molar-refractivity contribution < 1.29 is 13.9 Å². The molecule has 0 amide bonds. The van der Waals surface area contributed by atoms with Crippen molar-refractivity contribution in [2.75, 3.05) is 13.6 Å². The van der Waals surface area contributed by atoms with Crippen LogP contribution in [0, 0.1) is 0 Å². The summed E-state index contributed by atoms with van der Waals surface area (Å²) < 4.78 is 24.2. The van der Waals surface area contributed by atoms with Gasteiger partial charge in [0.05, 0.1) is 0 Å². The van der Waals surface area contributed by atoms with Crippen molar-refractivity contribution in [3.05, 3.63) is 0 Å². The molecule has 1 N–H and O–H groups in total. The zero-order chi connectivity index (χ0) is 10.6. The molecular formula is C10H19F2NO. The van der Waals surface area contributed by atoms with Crippen LogP contribution < -0.4 is 0 Å². The molecule has 0 bridgehead atoms. The first-order valence-corrected chi connectivity index (χ1v) is 5.27.